The number of fused-ring (bicyclic) bond motifs is 2. The minimum absolute atomic E-state index is 0.182. The third-order valence-electron chi connectivity index (χ3n) is 7.58. The van der Waals surface area contributed by atoms with Gasteiger partial charge in [0.05, 0.1) is 11.0 Å². The Morgan fingerprint density at radius 2 is 1.55 bits per heavy atom. The molecule has 0 aromatic heterocycles. The van der Waals surface area contributed by atoms with Crippen molar-refractivity contribution in [2.24, 2.45) is 0 Å². The minimum atomic E-state index is -4.83. The molecule has 0 saturated carbocycles. The highest BCUT2D eigenvalue weighted by atomic mass is 32.2. The monoisotopic (exact) mass is 614 g/mol. The summed E-state index contributed by atoms with van der Waals surface area (Å²) >= 11 is 0. The molecule has 1 aliphatic carbocycles. The number of unbranched alkanes of at least 4 members (excludes halogenated alkanes) is 1. The van der Waals surface area contributed by atoms with Crippen LogP contribution < -0.4 is 19.6 Å². The largest absolute Gasteiger partial charge is 0.456 e. The average Bonchev–Trinajstić information content (AvgIpc) is 2.96. The van der Waals surface area contributed by atoms with Crippen molar-refractivity contribution in [2.45, 2.75) is 57.3 Å². The minimum Gasteiger partial charge on any atom is -0.456 e. The Bertz CT molecular complexity index is 1840. The van der Waals surface area contributed by atoms with Gasteiger partial charge in [0.25, 0.3) is 10.1 Å². The zero-order valence-corrected chi connectivity index (χ0v) is 26.5. The molecule has 0 bridgehead atoms. The molecular weight excluding hydrogens is 574 g/mol. The quantitative estimate of drug-likeness (QED) is 0.0976. The second-order valence-corrected chi connectivity index (χ2v) is 13.2. The fourth-order valence-electron chi connectivity index (χ4n) is 5.29. The maximum Gasteiger partial charge on any atom is 0.295 e. The highest BCUT2D eigenvalue weighted by molar-refractivity contribution is 7.89. The molecule has 0 fully saturated rings. The van der Waals surface area contributed by atoms with Crippen molar-refractivity contribution in [1.82, 2.24) is 9.30 Å². The van der Waals surface area contributed by atoms with Crippen LogP contribution >= 0.6 is 0 Å². The lowest BCUT2D eigenvalue weighted by atomic mass is 9.93. The lowest BCUT2D eigenvalue weighted by molar-refractivity contribution is 0.483. The van der Waals surface area contributed by atoms with Crippen molar-refractivity contribution < 1.29 is 25.8 Å². The molecule has 0 saturated heterocycles. The molecule has 226 valence electrons. The summed E-state index contributed by atoms with van der Waals surface area (Å²) in [6.07, 6.45) is 1.43. The summed E-state index contributed by atoms with van der Waals surface area (Å²) in [5.74, 6) is 0.540. The number of anilines is 1. The van der Waals surface area contributed by atoms with E-state index in [1.807, 2.05) is 43.3 Å². The number of sulfonamides is 1. The Labute approximate surface area is 248 Å². The second-order valence-electron chi connectivity index (χ2n) is 10.1. The van der Waals surface area contributed by atoms with Crippen LogP contribution in [0.5, 0.6) is 0 Å². The molecule has 42 heavy (non-hydrogen) atoms. The standard InChI is InChI=1S/C31H39N3O6S2/c1-6-11-18-32-41(35,36)24-14-17-27(30(21-24)42(37,38)39)31-25-15-12-22(33(7-2)8-3)19-28(25)40-29-20-23(13-16-26(29)31)34(9-4)10-5/h12-17,19-21,32H,6-11,18H2,1-5H3/p+1. The first-order chi connectivity index (χ1) is 20.0. The van der Waals surface area contributed by atoms with Crippen LogP contribution in [0.25, 0.3) is 33.4 Å². The molecule has 2 aliphatic rings. The van der Waals surface area contributed by atoms with Crippen LogP contribution in [0.4, 0.5) is 5.69 Å². The van der Waals surface area contributed by atoms with E-state index >= 15 is 0 Å². The summed E-state index contributed by atoms with van der Waals surface area (Å²) in [6.45, 7) is 13.6. The Morgan fingerprint density at radius 1 is 0.857 bits per heavy atom. The molecule has 0 atom stereocenters. The molecule has 11 heteroatoms. The average molecular weight is 615 g/mol. The summed E-state index contributed by atoms with van der Waals surface area (Å²) in [4.78, 5) is 1.45. The fourth-order valence-corrected chi connectivity index (χ4v) is 7.18. The normalized spacial score (nSPS) is 12.2. The molecule has 1 aliphatic heterocycles. The van der Waals surface area contributed by atoms with Crippen LogP contribution in [0.2, 0.25) is 0 Å². The molecule has 0 unspecified atom stereocenters. The van der Waals surface area contributed by atoms with E-state index in [1.165, 1.54) is 12.1 Å². The van der Waals surface area contributed by atoms with Crippen molar-refractivity contribution in [3.8, 4) is 22.5 Å². The highest BCUT2D eigenvalue weighted by Crippen LogP contribution is 2.43. The van der Waals surface area contributed by atoms with Crippen molar-refractivity contribution >= 4 is 36.8 Å². The molecule has 9 nitrogen and oxygen atoms in total. The smallest absolute Gasteiger partial charge is 0.295 e. The molecular formula is C31H40N3O6S2+. The van der Waals surface area contributed by atoms with Gasteiger partial charge in [0.2, 0.25) is 15.4 Å². The molecule has 0 amide bonds. The SMILES string of the molecule is CCCCNS(=O)(=O)c1ccc(-c2c3ccc(=[N+](CC)CC)cc-3oc3cc(N(CC)CC)ccc23)c(S(=O)(=O)O)c1. The summed E-state index contributed by atoms with van der Waals surface area (Å²) in [5, 5.41) is 1.59. The van der Waals surface area contributed by atoms with E-state index in [0.717, 1.165) is 49.7 Å². The first-order valence-corrected chi connectivity index (χ1v) is 17.4. The summed E-state index contributed by atoms with van der Waals surface area (Å²) < 4.78 is 73.0. The van der Waals surface area contributed by atoms with Gasteiger partial charge < -0.3 is 9.32 Å². The van der Waals surface area contributed by atoms with E-state index in [2.05, 4.69) is 41.9 Å². The number of hydrogen-bond donors (Lipinski definition) is 2. The van der Waals surface area contributed by atoms with Crippen LogP contribution in [0.1, 0.15) is 47.5 Å². The molecule has 2 N–H and O–H groups in total. The third kappa shape index (κ3) is 6.39. The Morgan fingerprint density at radius 3 is 2.17 bits per heavy atom. The van der Waals surface area contributed by atoms with Crippen molar-refractivity contribution in [3.05, 3.63) is 60.0 Å². The van der Waals surface area contributed by atoms with Crippen LogP contribution in [0.15, 0.2) is 68.8 Å². The molecule has 2 aromatic rings. The summed E-state index contributed by atoms with van der Waals surface area (Å²) in [6, 6.07) is 15.4. The lowest BCUT2D eigenvalue weighted by Crippen LogP contribution is -2.29. The Kier molecular flexibility index (Phi) is 9.77. The maximum absolute atomic E-state index is 13.0. The van der Waals surface area contributed by atoms with Gasteiger partial charge in [0.1, 0.15) is 29.3 Å². The Balaban J connectivity index is 2.09. The first kappa shape index (κ1) is 31.7. The number of rotatable bonds is 12. The molecule has 4 rings (SSSR count). The van der Waals surface area contributed by atoms with Crippen LogP contribution in [0.3, 0.4) is 0 Å². The van der Waals surface area contributed by atoms with E-state index in [0.29, 0.717) is 34.3 Å². The molecule has 2 aromatic carbocycles. The van der Waals surface area contributed by atoms with E-state index in [1.54, 1.807) is 0 Å². The predicted molar refractivity (Wildman–Crippen MR) is 168 cm³/mol. The van der Waals surface area contributed by atoms with E-state index in [9.17, 15) is 21.4 Å². The zero-order valence-electron chi connectivity index (χ0n) is 24.8. The van der Waals surface area contributed by atoms with Gasteiger partial charge in [-0.3, -0.25) is 4.55 Å². The Hall–Kier alpha value is -3.25. The molecule has 1 heterocycles. The van der Waals surface area contributed by atoms with Gasteiger partial charge in [0.15, 0.2) is 0 Å². The molecule has 0 radical (unpaired) electrons. The molecule has 0 spiro atoms. The van der Waals surface area contributed by atoms with E-state index in [-0.39, 0.29) is 17.0 Å². The maximum atomic E-state index is 13.0. The van der Waals surface area contributed by atoms with Crippen LogP contribution in [-0.4, -0.2) is 54.1 Å². The lowest BCUT2D eigenvalue weighted by Gasteiger charge is -2.22. The highest BCUT2D eigenvalue weighted by Gasteiger charge is 2.27. The van der Waals surface area contributed by atoms with Crippen molar-refractivity contribution in [1.29, 1.82) is 0 Å². The topological polar surface area (TPSA) is 120 Å². The predicted octanol–water partition coefficient (Wildman–Crippen LogP) is 5.19. The summed E-state index contributed by atoms with van der Waals surface area (Å²) in [7, 11) is -8.82. The van der Waals surface area contributed by atoms with Crippen LogP contribution in [-0.2, 0) is 20.1 Å². The van der Waals surface area contributed by atoms with Gasteiger partial charge in [-0.2, -0.15) is 8.42 Å². The van der Waals surface area contributed by atoms with Crippen molar-refractivity contribution in [2.75, 3.05) is 37.6 Å². The first-order valence-electron chi connectivity index (χ1n) is 14.4. The second kappa shape index (κ2) is 12.9. The fraction of sp³-hybridized carbons (Fsp3) is 0.387. The number of hydrogen-bond acceptors (Lipinski definition) is 6. The van der Waals surface area contributed by atoms with Gasteiger partial charge in [-0.15, -0.1) is 0 Å². The van der Waals surface area contributed by atoms with Gasteiger partial charge >= 0.3 is 0 Å². The number of nitrogens with zero attached hydrogens (tertiary/aromatic N) is 2. The van der Waals surface area contributed by atoms with E-state index < -0.39 is 25.0 Å². The number of nitrogens with one attached hydrogen (secondary N) is 1. The zero-order chi connectivity index (χ0) is 30.7. The van der Waals surface area contributed by atoms with Gasteiger partial charge in [0, 0.05) is 59.5 Å². The van der Waals surface area contributed by atoms with Gasteiger partial charge in [-0.25, -0.2) is 17.7 Å². The van der Waals surface area contributed by atoms with Gasteiger partial charge in [-0.1, -0.05) is 19.4 Å². The van der Waals surface area contributed by atoms with Gasteiger partial charge in [-0.05, 0) is 64.4 Å². The van der Waals surface area contributed by atoms with E-state index in [4.69, 9.17) is 4.42 Å². The van der Waals surface area contributed by atoms with Crippen molar-refractivity contribution in [3.63, 3.8) is 0 Å². The van der Waals surface area contributed by atoms with Crippen LogP contribution in [0, 0.1) is 0 Å². The number of benzene rings is 3. The summed E-state index contributed by atoms with van der Waals surface area (Å²) in [5.41, 5.74) is 2.84. The third-order valence-corrected chi connectivity index (χ3v) is 9.93.